The number of ketones is 1. The normalized spacial score (nSPS) is 13.4. The van der Waals surface area contributed by atoms with Crippen LogP contribution in [0, 0.1) is 0 Å². The van der Waals surface area contributed by atoms with E-state index in [1.165, 1.54) is 0 Å². The summed E-state index contributed by atoms with van der Waals surface area (Å²) in [4.78, 5) is 13.0. The molecule has 0 N–H and O–H groups in total. The summed E-state index contributed by atoms with van der Waals surface area (Å²) < 4.78 is 43.3. The maximum atomic E-state index is 13.0. The number of rotatable bonds is 22. The highest BCUT2D eigenvalue weighted by molar-refractivity contribution is 6.31. The van der Waals surface area contributed by atoms with E-state index in [9.17, 15) is 4.79 Å². The zero-order chi connectivity index (χ0) is 30.0. The van der Waals surface area contributed by atoms with Crippen molar-refractivity contribution in [3.63, 3.8) is 0 Å². The Morgan fingerprint density at radius 1 is 0.452 bits per heavy atom. The van der Waals surface area contributed by atoms with Crippen molar-refractivity contribution < 1.29 is 42.7 Å². The number of hydrogen-bond donors (Lipinski definition) is 0. The molecule has 0 heterocycles. The van der Waals surface area contributed by atoms with Gasteiger partial charge in [-0.2, -0.15) is 0 Å². The van der Waals surface area contributed by atoms with Crippen LogP contribution in [0.5, 0.6) is 11.5 Å². The van der Waals surface area contributed by atoms with E-state index in [0.29, 0.717) is 79.3 Å². The molecule has 0 saturated heterocycles. The quantitative estimate of drug-likeness (QED) is 0.184. The summed E-state index contributed by atoms with van der Waals surface area (Å²) >= 11 is 0. The van der Waals surface area contributed by atoms with E-state index in [1.807, 2.05) is 62.4 Å². The topological polar surface area (TPSA) is 90.9 Å². The Balaban J connectivity index is 1.49. The number of benzene rings is 2. The highest BCUT2D eigenvalue weighted by atomic mass is 16.6. The third-order valence-corrected chi connectivity index (χ3v) is 6.57. The third kappa shape index (κ3) is 10.7. The van der Waals surface area contributed by atoms with E-state index in [1.54, 1.807) is 14.2 Å². The summed E-state index contributed by atoms with van der Waals surface area (Å²) in [7, 11) is 3.29. The highest BCUT2D eigenvalue weighted by Crippen LogP contribution is 2.43. The number of methoxy groups -OCH3 is 2. The summed E-state index contributed by atoms with van der Waals surface area (Å²) in [6.45, 7) is 9.92. The molecule has 0 unspecified atom stereocenters. The Kier molecular flexibility index (Phi) is 15.3. The molecule has 3 rings (SSSR count). The van der Waals surface area contributed by atoms with Gasteiger partial charge >= 0.3 is 0 Å². The highest BCUT2D eigenvalue weighted by Gasteiger charge is 2.28. The summed E-state index contributed by atoms with van der Waals surface area (Å²) in [5.74, 6) is 1.55. The first-order valence-corrected chi connectivity index (χ1v) is 14.3. The second kappa shape index (κ2) is 19.2. The molecule has 1 aliphatic rings. The van der Waals surface area contributed by atoms with Crippen LogP contribution in [0.1, 0.15) is 25.0 Å². The second-order valence-corrected chi connectivity index (χ2v) is 9.51. The number of carbonyl (C=O) groups is 1. The van der Waals surface area contributed by atoms with Gasteiger partial charge in [-0.15, -0.1) is 0 Å². The fourth-order valence-corrected chi connectivity index (χ4v) is 4.41. The molecular formula is C33H44O9. The Labute approximate surface area is 249 Å². The lowest BCUT2D eigenvalue weighted by molar-refractivity contribution is -0.111. The molecule has 0 spiro atoms. The van der Waals surface area contributed by atoms with Crippen LogP contribution in [0.2, 0.25) is 0 Å². The van der Waals surface area contributed by atoms with E-state index in [0.717, 1.165) is 44.9 Å². The average molecular weight is 585 g/mol. The van der Waals surface area contributed by atoms with Gasteiger partial charge in [0, 0.05) is 25.4 Å². The summed E-state index contributed by atoms with van der Waals surface area (Å²) in [6.07, 6.45) is 0. The van der Waals surface area contributed by atoms with Crippen LogP contribution in [0.4, 0.5) is 0 Å². The fourth-order valence-electron chi connectivity index (χ4n) is 4.41. The van der Waals surface area contributed by atoms with E-state index >= 15 is 0 Å². The van der Waals surface area contributed by atoms with Gasteiger partial charge in [0.25, 0.3) is 0 Å². The van der Waals surface area contributed by atoms with Crippen molar-refractivity contribution in [2.24, 2.45) is 0 Å². The lowest BCUT2D eigenvalue weighted by Crippen LogP contribution is -2.12. The maximum absolute atomic E-state index is 13.0. The summed E-state index contributed by atoms with van der Waals surface area (Å²) in [5.41, 5.74) is 5.29. The molecule has 42 heavy (non-hydrogen) atoms. The molecule has 2 aromatic rings. The molecule has 1 aliphatic carbocycles. The van der Waals surface area contributed by atoms with Crippen molar-refractivity contribution in [1.82, 2.24) is 0 Å². The maximum Gasteiger partial charge on any atom is 0.185 e. The van der Waals surface area contributed by atoms with Gasteiger partial charge in [-0.1, -0.05) is 24.3 Å². The molecule has 0 amide bonds. The van der Waals surface area contributed by atoms with Crippen LogP contribution < -0.4 is 9.47 Å². The second-order valence-electron chi connectivity index (χ2n) is 9.51. The lowest BCUT2D eigenvalue weighted by Gasteiger charge is -2.14. The smallest absolute Gasteiger partial charge is 0.185 e. The SMILES string of the molecule is COCCOCCOCCOc1ccc(C2=C(C)C(=O)C(C)=C2c2ccc(OCCOCCOCCOC)cc2)cc1. The van der Waals surface area contributed by atoms with Gasteiger partial charge in [-0.05, 0) is 60.4 Å². The molecule has 0 fully saturated rings. The third-order valence-electron chi connectivity index (χ3n) is 6.57. The lowest BCUT2D eigenvalue weighted by atomic mass is 9.92. The van der Waals surface area contributed by atoms with Crippen LogP contribution in [0.25, 0.3) is 11.1 Å². The molecule has 0 bridgehead atoms. The Morgan fingerprint density at radius 2 is 0.762 bits per heavy atom. The van der Waals surface area contributed by atoms with E-state index in [-0.39, 0.29) is 5.78 Å². The van der Waals surface area contributed by atoms with E-state index in [2.05, 4.69) is 0 Å². The molecule has 0 atom stereocenters. The molecule has 0 saturated carbocycles. The first-order valence-electron chi connectivity index (χ1n) is 14.3. The van der Waals surface area contributed by atoms with E-state index in [4.69, 9.17) is 37.9 Å². The molecule has 0 radical (unpaired) electrons. The molecular weight excluding hydrogens is 540 g/mol. The predicted octanol–water partition coefficient (Wildman–Crippen LogP) is 4.63. The van der Waals surface area contributed by atoms with Crippen molar-refractivity contribution in [1.29, 1.82) is 0 Å². The molecule has 0 aromatic heterocycles. The van der Waals surface area contributed by atoms with Crippen molar-refractivity contribution in [3.05, 3.63) is 70.8 Å². The molecule has 230 valence electrons. The van der Waals surface area contributed by atoms with Crippen molar-refractivity contribution in [2.75, 3.05) is 93.5 Å². The number of allylic oxidation sites excluding steroid dienone is 4. The molecule has 9 heteroatoms. The van der Waals surface area contributed by atoms with Crippen LogP contribution >= 0.6 is 0 Å². The molecule has 2 aromatic carbocycles. The predicted molar refractivity (Wildman–Crippen MR) is 161 cm³/mol. The van der Waals surface area contributed by atoms with Gasteiger partial charge in [-0.25, -0.2) is 0 Å². The largest absolute Gasteiger partial charge is 0.491 e. The summed E-state index contributed by atoms with van der Waals surface area (Å²) in [6, 6.07) is 15.6. The van der Waals surface area contributed by atoms with Crippen molar-refractivity contribution in [3.8, 4) is 11.5 Å². The standard InChI is InChI=1S/C33H44O9/c1-25-31(27-5-9-29(10-6-27)41-23-21-39-19-17-37-15-13-35-3)32(26(2)33(25)34)28-7-11-30(12-8-28)42-24-22-40-20-18-38-16-14-36-4/h5-12H,13-24H2,1-4H3. The van der Waals surface area contributed by atoms with Gasteiger partial charge in [-0.3, -0.25) is 4.79 Å². The first kappa shape index (κ1) is 33.5. The fraction of sp³-hybridized carbons (Fsp3) is 0.485. The Hall–Kier alpha value is -3.05. The van der Waals surface area contributed by atoms with E-state index < -0.39 is 0 Å². The van der Waals surface area contributed by atoms with Gasteiger partial charge in [0.1, 0.15) is 24.7 Å². The van der Waals surface area contributed by atoms with Crippen LogP contribution in [0.3, 0.4) is 0 Å². The zero-order valence-electron chi connectivity index (χ0n) is 25.3. The number of Topliss-reactive ketones (excluding diaryl/α,β-unsaturated/α-hetero) is 1. The monoisotopic (exact) mass is 584 g/mol. The van der Waals surface area contributed by atoms with Crippen molar-refractivity contribution in [2.45, 2.75) is 13.8 Å². The number of hydrogen-bond acceptors (Lipinski definition) is 9. The molecule has 9 nitrogen and oxygen atoms in total. The van der Waals surface area contributed by atoms with Crippen molar-refractivity contribution >= 4 is 16.9 Å². The zero-order valence-corrected chi connectivity index (χ0v) is 25.3. The first-order chi connectivity index (χ1) is 20.6. The molecule has 0 aliphatic heterocycles. The minimum absolute atomic E-state index is 0.0624. The number of carbonyl (C=O) groups excluding carboxylic acids is 1. The van der Waals surface area contributed by atoms with Crippen LogP contribution in [0.15, 0.2) is 59.7 Å². The minimum atomic E-state index is 0.0624. The Morgan fingerprint density at radius 3 is 1.10 bits per heavy atom. The Bertz CT molecular complexity index is 1050. The van der Waals surface area contributed by atoms with Gasteiger partial charge < -0.3 is 37.9 Å². The van der Waals surface area contributed by atoms with Gasteiger partial charge in [0.2, 0.25) is 0 Å². The number of ether oxygens (including phenoxy) is 8. The average Bonchev–Trinajstić information content (AvgIpc) is 3.23. The van der Waals surface area contributed by atoms with Crippen LogP contribution in [-0.4, -0.2) is 99.3 Å². The van der Waals surface area contributed by atoms with Gasteiger partial charge in [0.15, 0.2) is 5.78 Å². The summed E-state index contributed by atoms with van der Waals surface area (Å²) in [5, 5.41) is 0. The van der Waals surface area contributed by atoms with Crippen LogP contribution in [-0.2, 0) is 33.2 Å². The van der Waals surface area contributed by atoms with Gasteiger partial charge in [0.05, 0.1) is 66.1 Å². The minimum Gasteiger partial charge on any atom is -0.491 e.